The quantitative estimate of drug-likeness (QED) is 0.570. The highest BCUT2D eigenvalue weighted by molar-refractivity contribution is 7.99. The number of nitrogens with zero attached hydrogens (tertiary/aromatic N) is 1. The van der Waals surface area contributed by atoms with Gasteiger partial charge in [-0.1, -0.05) is 41.4 Å². The van der Waals surface area contributed by atoms with Crippen molar-refractivity contribution in [3.63, 3.8) is 0 Å². The molecule has 0 fully saturated rings. The Morgan fingerprint density at radius 2 is 1.88 bits per heavy atom. The zero-order valence-electron chi connectivity index (χ0n) is 13.0. The summed E-state index contributed by atoms with van der Waals surface area (Å²) in [4.78, 5) is 11.8. The number of halogens is 2. The van der Waals surface area contributed by atoms with E-state index in [1.807, 2.05) is 24.3 Å². The Labute approximate surface area is 155 Å². The Morgan fingerprint density at radius 3 is 2.50 bits per heavy atom. The number of benzene rings is 2. The van der Waals surface area contributed by atoms with Gasteiger partial charge in [0.15, 0.2) is 0 Å². The molecule has 0 atom stereocenters. The smallest absolute Gasteiger partial charge is 0.250 e. The number of carbonyl (C=O) groups excluding carboxylic acids is 1. The summed E-state index contributed by atoms with van der Waals surface area (Å²) >= 11 is 13.5. The van der Waals surface area contributed by atoms with E-state index in [2.05, 4.69) is 10.5 Å². The molecule has 1 amide bonds. The minimum absolute atomic E-state index is 0.187. The number of hydrogen-bond donors (Lipinski definition) is 1. The first-order valence-electron chi connectivity index (χ1n) is 7.06. The van der Waals surface area contributed by atoms with E-state index >= 15 is 0 Å². The molecule has 0 aliphatic carbocycles. The molecular formula is C17H16Cl2N2O2S. The molecular weight excluding hydrogens is 367 g/mol. The lowest BCUT2D eigenvalue weighted by molar-refractivity contribution is -0.118. The van der Waals surface area contributed by atoms with Crippen molar-refractivity contribution in [2.45, 2.75) is 5.75 Å². The van der Waals surface area contributed by atoms with E-state index in [0.717, 1.165) is 17.1 Å². The van der Waals surface area contributed by atoms with Crippen LogP contribution in [0.3, 0.4) is 0 Å². The Kier molecular flexibility index (Phi) is 7.43. The van der Waals surface area contributed by atoms with Gasteiger partial charge in [0.2, 0.25) is 5.91 Å². The third-order valence-electron chi connectivity index (χ3n) is 3.04. The van der Waals surface area contributed by atoms with Gasteiger partial charge < -0.3 is 4.74 Å². The van der Waals surface area contributed by atoms with Crippen LogP contribution in [0.1, 0.15) is 11.1 Å². The normalized spacial score (nSPS) is 10.8. The molecule has 0 saturated carbocycles. The third kappa shape index (κ3) is 5.74. The Morgan fingerprint density at radius 1 is 1.21 bits per heavy atom. The van der Waals surface area contributed by atoms with Gasteiger partial charge in [-0.05, 0) is 29.8 Å². The van der Waals surface area contributed by atoms with Crippen LogP contribution in [0.2, 0.25) is 10.0 Å². The van der Waals surface area contributed by atoms with Crippen molar-refractivity contribution in [2.75, 3.05) is 12.9 Å². The predicted molar refractivity (Wildman–Crippen MR) is 101 cm³/mol. The third-order valence-corrected chi connectivity index (χ3v) is 4.71. The van der Waals surface area contributed by atoms with E-state index in [1.165, 1.54) is 18.0 Å². The van der Waals surface area contributed by atoms with E-state index in [4.69, 9.17) is 27.9 Å². The molecule has 0 unspecified atom stereocenters. The largest absolute Gasteiger partial charge is 0.497 e. The highest BCUT2D eigenvalue weighted by Crippen LogP contribution is 2.22. The van der Waals surface area contributed by atoms with Gasteiger partial charge in [0, 0.05) is 11.3 Å². The van der Waals surface area contributed by atoms with Gasteiger partial charge in [-0.15, -0.1) is 11.8 Å². The molecule has 126 valence electrons. The Balaban J connectivity index is 1.76. The maximum atomic E-state index is 11.8. The first-order chi connectivity index (χ1) is 11.6. The molecule has 2 aromatic carbocycles. The van der Waals surface area contributed by atoms with E-state index in [9.17, 15) is 4.79 Å². The number of methoxy groups -OCH3 is 1. The standard InChI is InChI=1S/C17H16Cl2N2O2S/c1-23-13-7-5-12(6-8-13)10-24-11-17(22)21-20-9-14-15(18)3-2-4-16(14)19/h2-9H,10-11H2,1H3,(H,21,22). The number of amides is 1. The van der Waals surface area contributed by atoms with Crippen molar-refractivity contribution in [1.82, 2.24) is 5.43 Å². The fraction of sp³-hybridized carbons (Fsp3) is 0.176. The fourth-order valence-corrected chi connectivity index (χ4v) is 3.09. The lowest BCUT2D eigenvalue weighted by Gasteiger charge is -2.04. The zero-order valence-corrected chi connectivity index (χ0v) is 15.3. The molecule has 0 aliphatic rings. The summed E-state index contributed by atoms with van der Waals surface area (Å²) < 4.78 is 5.10. The lowest BCUT2D eigenvalue weighted by Crippen LogP contribution is -2.19. The number of thioether (sulfide) groups is 1. The second kappa shape index (κ2) is 9.57. The van der Waals surface area contributed by atoms with Gasteiger partial charge in [-0.3, -0.25) is 4.79 Å². The van der Waals surface area contributed by atoms with Gasteiger partial charge in [0.05, 0.1) is 29.1 Å². The summed E-state index contributed by atoms with van der Waals surface area (Å²) in [6.07, 6.45) is 1.44. The minimum atomic E-state index is -0.187. The summed E-state index contributed by atoms with van der Waals surface area (Å²) in [6.45, 7) is 0. The first kappa shape index (κ1) is 18.6. The molecule has 0 aromatic heterocycles. The average Bonchev–Trinajstić information content (AvgIpc) is 2.58. The van der Waals surface area contributed by atoms with E-state index < -0.39 is 0 Å². The number of rotatable bonds is 7. The number of nitrogens with one attached hydrogen (secondary N) is 1. The minimum Gasteiger partial charge on any atom is -0.497 e. The van der Waals surface area contributed by atoms with Gasteiger partial charge in [0.25, 0.3) is 0 Å². The molecule has 0 aliphatic heterocycles. The van der Waals surface area contributed by atoms with Crippen molar-refractivity contribution in [3.8, 4) is 5.75 Å². The van der Waals surface area contributed by atoms with Crippen LogP contribution in [0.15, 0.2) is 47.6 Å². The van der Waals surface area contributed by atoms with Crippen LogP contribution in [-0.2, 0) is 10.5 Å². The summed E-state index contributed by atoms with van der Waals surface area (Å²) in [7, 11) is 1.63. The molecule has 24 heavy (non-hydrogen) atoms. The van der Waals surface area contributed by atoms with Crippen LogP contribution in [0, 0.1) is 0 Å². The molecule has 0 bridgehead atoms. The topological polar surface area (TPSA) is 50.7 Å². The molecule has 2 rings (SSSR count). The summed E-state index contributed by atoms with van der Waals surface area (Å²) in [6, 6.07) is 12.9. The van der Waals surface area contributed by atoms with Crippen LogP contribution in [0.5, 0.6) is 5.75 Å². The van der Waals surface area contributed by atoms with Crippen LogP contribution >= 0.6 is 35.0 Å². The zero-order chi connectivity index (χ0) is 17.4. The maximum Gasteiger partial charge on any atom is 0.250 e. The van der Waals surface area contributed by atoms with Crippen molar-refractivity contribution in [1.29, 1.82) is 0 Å². The van der Waals surface area contributed by atoms with Crippen molar-refractivity contribution >= 4 is 47.1 Å². The van der Waals surface area contributed by atoms with E-state index in [-0.39, 0.29) is 5.91 Å². The Hall–Kier alpha value is -1.69. The lowest BCUT2D eigenvalue weighted by atomic mass is 10.2. The van der Waals surface area contributed by atoms with Crippen LogP contribution in [0.4, 0.5) is 0 Å². The molecule has 0 heterocycles. The molecule has 7 heteroatoms. The highest BCUT2D eigenvalue weighted by atomic mass is 35.5. The second-order valence-electron chi connectivity index (χ2n) is 4.77. The predicted octanol–water partition coefficient (Wildman–Crippen LogP) is 4.39. The number of carbonyl (C=O) groups is 1. The summed E-state index contributed by atoms with van der Waals surface area (Å²) in [5.74, 6) is 1.67. The molecule has 0 spiro atoms. The number of hydrogen-bond acceptors (Lipinski definition) is 4. The van der Waals surface area contributed by atoms with Gasteiger partial charge >= 0.3 is 0 Å². The Bertz CT molecular complexity index is 701. The van der Waals surface area contributed by atoms with Crippen LogP contribution < -0.4 is 10.2 Å². The first-order valence-corrected chi connectivity index (χ1v) is 8.98. The molecule has 0 saturated heterocycles. The monoisotopic (exact) mass is 382 g/mol. The van der Waals surface area contributed by atoms with Crippen molar-refractivity contribution < 1.29 is 9.53 Å². The highest BCUT2D eigenvalue weighted by Gasteiger charge is 2.04. The SMILES string of the molecule is COc1ccc(CSCC(=O)NN=Cc2c(Cl)cccc2Cl)cc1. The van der Waals surface area contributed by atoms with Crippen molar-refractivity contribution in [3.05, 3.63) is 63.6 Å². The van der Waals surface area contributed by atoms with Crippen molar-refractivity contribution in [2.24, 2.45) is 5.10 Å². The maximum absolute atomic E-state index is 11.8. The summed E-state index contributed by atoms with van der Waals surface area (Å²) in [5, 5.41) is 4.85. The van der Waals surface area contributed by atoms with E-state index in [1.54, 1.807) is 25.3 Å². The number of hydrazone groups is 1. The van der Waals surface area contributed by atoms with Gasteiger partial charge in [-0.25, -0.2) is 5.43 Å². The van der Waals surface area contributed by atoms with Crippen LogP contribution in [-0.4, -0.2) is 25.0 Å². The molecule has 4 nitrogen and oxygen atoms in total. The molecule has 1 N–H and O–H groups in total. The summed E-state index contributed by atoms with van der Waals surface area (Å²) in [5.41, 5.74) is 4.16. The number of ether oxygens (including phenoxy) is 1. The van der Waals surface area contributed by atoms with Gasteiger partial charge in [0.1, 0.15) is 5.75 Å². The molecule has 0 radical (unpaired) electrons. The van der Waals surface area contributed by atoms with Crippen LogP contribution in [0.25, 0.3) is 0 Å². The second-order valence-corrected chi connectivity index (χ2v) is 6.57. The van der Waals surface area contributed by atoms with Gasteiger partial charge in [-0.2, -0.15) is 5.10 Å². The molecule has 2 aromatic rings. The average molecular weight is 383 g/mol. The fourth-order valence-electron chi connectivity index (χ4n) is 1.82. The van der Waals surface area contributed by atoms with E-state index in [0.29, 0.717) is 21.4 Å².